The molecule has 0 amide bonds. The van der Waals surface area contributed by atoms with E-state index in [1.54, 1.807) is 0 Å². The zero-order chi connectivity index (χ0) is 15.5. The summed E-state index contributed by atoms with van der Waals surface area (Å²) >= 11 is 0. The van der Waals surface area contributed by atoms with Crippen molar-refractivity contribution in [3.8, 4) is 0 Å². The first-order chi connectivity index (χ1) is 10.7. The van der Waals surface area contributed by atoms with Crippen LogP contribution < -0.4 is 10.2 Å². The van der Waals surface area contributed by atoms with Gasteiger partial charge in [0, 0.05) is 45.5 Å². The Balaban J connectivity index is 1.58. The van der Waals surface area contributed by atoms with Crippen molar-refractivity contribution in [3.63, 3.8) is 0 Å². The number of guanidine groups is 1. The van der Waals surface area contributed by atoms with Crippen molar-refractivity contribution < 1.29 is 0 Å². The Labute approximate surface area is 134 Å². The fraction of sp³-hybridized carbons (Fsp3) is 0.611. The van der Waals surface area contributed by atoms with Crippen molar-refractivity contribution in [1.82, 2.24) is 10.2 Å². The van der Waals surface area contributed by atoms with Gasteiger partial charge in [0.25, 0.3) is 0 Å². The van der Waals surface area contributed by atoms with E-state index in [1.807, 2.05) is 7.05 Å². The number of hydrogen-bond donors (Lipinski definition) is 1. The molecule has 22 heavy (non-hydrogen) atoms. The van der Waals surface area contributed by atoms with Crippen LogP contribution in [0.3, 0.4) is 0 Å². The molecule has 2 aliphatic rings. The second kappa shape index (κ2) is 6.59. The van der Waals surface area contributed by atoms with E-state index in [2.05, 4.69) is 52.2 Å². The quantitative estimate of drug-likeness (QED) is 0.687. The second-order valence-electron chi connectivity index (χ2n) is 6.56. The minimum atomic E-state index is 0.882. The average molecular weight is 300 g/mol. The third-order valence-electron chi connectivity index (χ3n) is 4.95. The number of benzene rings is 1. The van der Waals surface area contributed by atoms with Gasteiger partial charge < -0.3 is 15.1 Å². The number of nitrogens with one attached hydrogen (secondary N) is 1. The molecule has 3 rings (SSSR count). The van der Waals surface area contributed by atoms with Crippen LogP contribution in [0.4, 0.5) is 5.69 Å². The summed E-state index contributed by atoms with van der Waals surface area (Å²) in [6.07, 6.45) is 2.76. The summed E-state index contributed by atoms with van der Waals surface area (Å²) in [4.78, 5) is 9.35. The molecule has 1 heterocycles. The Morgan fingerprint density at radius 2 is 1.91 bits per heavy atom. The molecule has 0 radical (unpaired) electrons. The Morgan fingerprint density at radius 3 is 2.55 bits per heavy atom. The van der Waals surface area contributed by atoms with Gasteiger partial charge in [-0.3, -0.25) is 4.99 Å². The van der Waals surface area contributed by atoms with Gasteiger partial charge >= 0.3 is 0 Å². The van der Waals surface area contributed by atoms with Crippen LogP contribution in [0, 0.1) is 19.8 Å². The van der Waals surface area contributed by atoms with E-state index in [0.717, 1.165) is 44.6 Å². The van der Waals surface area contributed by atoms with Crippen molar-refractivity contribution in [1.29, 1.82) is 0 Å². The summed E-state index contributed by atoms with van der Waals surface area (Å²) < 4.78 is 0. The van der Waals surface area contributed by atoms with Gasteiger partial charge in [-0.2, -0.15) is 0 Å². The van der Waals surface area contributed by atoms with E-state index in [4.69, 9.17) is 0 Å². The van der Waals surface area contributed by atoms with E-state index < -0.39 is 0 Å². The van der Waals surface area contributed by atoms with Gasteiger partial charge in [0.2, 0.25) is 0 Å². The molecule has 1 aliphatic carbocycles. The number of aryl methyl sites for hydroxylation is 1. The first kappa shape index (κ1) is 15.2. The highest BCUT2D eigenvalue weighted by atomic mass is 15.3. The van der Waals surface area contributed by atoms with E-state index >= 15 is 0 Å². The molecule has 1 saturated carbocycles. The van der Waals surface area contributed by atoms with Crippen molar-refractivity contribution in [3.05, 3.63) is 29.3 Å². The fourth-order valence-corrected chi connectivity index (χ4v) is 3.13. The molecule has 1 aromatic carbocycles. The number of rotatable bonds is 3. The molecule has 120 valence electrons. The van der Waals surface area contributed by atoms with E-state index in [0.29, 0.717) is 0 Å². The number of hydrogen-bond acceptors (Lipinski definition) is 2. The van der Waals surface area contributed by atoms with E-state index in [-0.39, 0.29) is 0 Å². The molecule has 1 aliphatic heterocycles. The molecule has 1 N–H and O–H groups in total. The summed E-state index contributed by atoms with van der Waals surface area (Å²) in [5.74, 6) is 1.96. The summed E-state index contributed by atoms with van der Waals surface area (Å²) in [7, 11) is 1.90. The standard InChI is InChI=1S/C18H28N4/c1-14-5-4-6-17(15(14)2)21-9-11-22(12-10-21)18(19-3)20-13-16-7-8-16/h4-6,16H,7-13H2,1-3H3,(H,19,20). The van der Waals surface area contributed by atoms with E-state index in [1.165, 1.54) is 29.7 Å². The molecule has 0 atom stereocenters. The minimum Gasteiger partial charge on any atom is -0.368 e. The molecule has 2 fully saturated rings. The van der Waals surface area contributed by atoms with E-state index in [9.17, 15) is 0 Å². The molecule has 1 aromatic rings. The Hall–Kier alpha value is -1.71. The van der Waals surface area contributed by atoms with Crippen LogP contribution in [-0.4, -0.2) is 50.6 Å². The highest BCUT2D eigenvalue weighted by Crippen LogP contribution is 2.27. The fourth-order valence-electron chi connectivity index (χ4n) is 3.13. The number of aliphatic imine (C=N–C) groups is 1. The lowest BCUT2D eigenvalue weighted by Crippen LogP contribution is -2.53. The molecule has 4 heteroatoms. The van der Waals surface area contributed by atoms with Crippen molar-refractivity contribution in [2.75, 3.05) is 44.7 Å². The number of anilines is 1. The summed E-state index contributed by atoms with van der Waals surface area (Å²) in [5.41, 5.74) is 4.18. The minimum absolute atomic E-state index is 0.882. The van der Waals surface area contributed by atoms with Gasteiger partial charge in [-0.15, -0.1) is 0 Å². The lowest BCUT2D eigenvalue weighted by molar-refractivity contribution is 0.372. The summed E-state index contributed by atoms with van der Waals surface area (Å²) in [6.45, 7) is 9.72. The van der Waals surface area contributed by atoms with Crippen molar-refractivity contribution >= 4 is 11.6 Å². The molecule has 0 spiro atoms. The summed E-state index contributed by atoms with van der Waals surface area (Å²) in [6, 6.07) is 6.61. The summed E-state index contributed by atoms with van der Waals surface area (Å²) in [5, 5.41) is 3.53. The van der Waals surface area contributed by atoms with Crippen LogP contribution in [-0.2, 0) is 0 Å². The van der Waals surface area contributed by atoms with Gasteiger partial charge in [-0.1, -0.05) is 12.1 Å². The Kier molecular flexibility index (Phi) is 4.55. The molecule has 1 saturated heterocycles. The van der Waals surface area contributed by atoms with Crippen LogP contribution >= 0.6 is 0 Å². The zero-order valence-electron chi connectivity index (χ0n) is 14.1. The number of piperazine rings is 1. The first-order valence-electron chi connectivity index (χ1n) is 8.46. The third-order valence-corrected chi connectivity index (χ3v) is 4.95. The van der Waals surface area contributed by atoms with Crippen molar-refractivity contribution in [2.45, 2.75) is 26.7 Å². The third kappa shape index (κ3) is 3.37. The van der Waals surface area contributed by atoms with Crippen LogP contribution in [0.5, 0.6) is 0 Å². The maximum Gasteiger partial charge on any atom is 0.193 e. The number of nitrogens with zero attached hydrogens (tertiary/aromatic N) is 3. The van der Waals surface area contributed by atoms with Gasteiger partial charge in [0.05, 0.1) is 0 Å². The van der Waals surface area contributed by atoms with Crippen LogP contribution in [0.1, 0.15) is 24.0 Å². The van der Waals surface area contributed by atoms with Crippen LogP contribution in [0.15, 0.2) is 23.2 Å². The predicted octanol–water partition coefficient (Wildman–Crippen LogP) is 2.41. The lowest BCUT2D eigenvalue weighted by Gasteiger charge is -2.38. The first-order valence-corrected chi connectivity index (χ1v) is 8.46. The van der Waals surface area contributed by atoms with Crippen LogP contribution in [0.2, 0.25) is 0 Å². The molecule has 0 aromatic heterocycles. The highest BCUT2D eigenvalue weighted by molar-refractivity contribution is 5.80. The largest absolute Gasteiger partial charge is 0.368 e. The van der Waals surface area contributed by atoms with Gasteiger partial charge in [0.15, 0.2) is 5.96 Å². The maximum atomic E-state index is 4.45. The molecular formula is C18H28N4. The van der Waals surface area contributed by atoms with Gasteiger partial charge in [-0.25, -0.2) is 0 Å². The Morgan fingerprint density at radius 1 is 1.18 bits per heavy atom. The monoisotopic (exact) mass is 300 g/mol. The van der Waals surface area contributed by atoms with Gasteiger partial charge in [0.1, 0.15) is 0 Å². The molecule has 0 bridgehead atoms. The highest BCUT2D eigenvalue weighted by Gasteiger charge is 2.24. The molecule has 0 unspecified atom stereocenters. The average Bonchev–Trinajstić information content (AvgIpc) is 3.36. The lowest BCUT2D eigenvalue weighted by atomic mass is 10.1. The zero-order valence-corrected chi connectivity index (χ0v) is 14.1. The van der Waals surface area contributed by atoms with Gasteiger partial charge in [-0.05, 0) is 49.8 Å². The second-order valence-corrected chi connectivity index (χ2v) is 6.56. The van der Waals surface area contributed by atoms with Crippen LogP contribution in [0.25, 0.3) is 0 Å². The smallest absolute Gasteiger partial charge is 0.193 e. The topological polar surface area (TPSA) is 30.9 Å². The predicted molar refractivity (Wildman–Crippen MR) is 93.8 cm³/mol. The maximum absolute atomic E-state index is 4.45. The van der Waals surface area contributed by atoms with Crippen molar-refractivity contribution in [2.24, 2.45) is 10.9 Å². The molecule has 4 nitrogen and oxygen atoms in total. The normalized spacial score (nSPS) is 19.5. The SMILES string of the molecule is CN=C(NCC1CC1)N1CCN(c2cccc(C)c2C)CC1. The molecular weight excluding hydrogens is 272 g/mol. The Bertz CT molecular complexity index is 540.